The number of ketones is 1. The molecule has 5 unspecified atom stereocenters. The lowest BCUT2D eigenvalue weighted by molar-refractivity contribution is -0.145. The third-order valence-corrected chi connectivity index (χ3v) is 13.9. The van der Waals surface area contributed by atoms with Gasteiger partial charge in [-0.05, 0) is 61.0 Å². The number of carbonyl (C=O) groups excluding carboxylic acids is 8. The van der Waals surface area contributed by atoms with E-state index < -0.39 is 76.2 Å². The van der Waals surface area contributed by atoms with Gasteiger partial charge in [-0.3, -0.25) is 38.4 Å². The van der Waals surface area contributed by atoms with Gasteiger partial charge in [0.15, 0.2) is 0 Å². The van der Waals surface area contributed by atoms with Gasteiger partial charge in [0.05, 0.1) is 16.7 Å². The van der Waals surface area contributed by atoms with Crippen molar-refractivity contribution in [2.75, 3.05) is 24.6 Å². The average molecular weight is 830 g/mol. The summed E-state index contributed by atoms with van der Waals surface area (Å²) in [5.74, 6) is -3.72. The quantitative estimate of drug-likeness (QED) is 0.118. The molecule has 0 radical (unpaired) electrons. The molecule has 1 aliphatic carbocycles. The molecule has 1 aromatic carbocycles. The Bertz CT molecular complexity index is 1620. The third kappa shape index (κ3) is 12.9. The highest BCUT2D eigenvalue weighted by molar-refractivity contribution is 8.18. The fraction of sp³-hybridized carbons (Fsp3) is 0.650. The van der Waals surface area contributed by atoms with E-state index in [9.17, 15) is 38.4 Å². The van der Waals surface area contributed by atoms with E-state index in [0.717, 1.165) is 50.0 Å². The number of primary amides is 1. The summed E-state index contributed by atoms with van der Waals surface area (Å²) < 4.78 is -0.467. The molecule has 2 saturated heterocycles. The summed E-state index contributed by atoms with van der Waals surface area (Å²) >= 11 is 3.41. The zero-order chi connectivity index (χ0) is 41.7. The molecule has 3 aliphatic rings. The fourth-order valence-corrected chi connectivity index (χ4v) is 11.1. The number of benzene rings is 1. The first-order chi connectivity index (χ1) is 27.1. The van der Waals surface area contributed by atoms with E-state index in [4.69, 9.17) is 5.73 Å². The molecule has 3 fully saturated rings. The van der Waals surface area contributed by atoms with Crippen LogP contribution in [0, 0.1) is 11.8 Å². The monoisotopic (exact) mass is 829 g/mol. The Balaban J connectivity index is 1.52. The zero-order valence-electron chi connectivity index (χ0n) is 33.4. The van der Waals surface area contributed by atoms with Crippen molar-refractivity contribution in [1.29, 1.82) is 0 Å². The maximum Gasteiger partial charge on any atom is 0.290 e. The molecule has 5 atom stereocenters. The van der Waals surface area contributed by atoms with Crippen molar-refractivity contribution < 1.29 is 38.4 Å². The summed E-state index contributed by atoms with van der Waals surface area (Å²) in [6.45, 7) is 6.68. The van der Waals surface area contributed by atoms with Crippen LogP contribution < -0.4 is 32.3 Å². The van der Waals surface area contributed by atoms with Crippen LogP contribution in [0.1, 0.15) is 104 Å². The number of nitrogens with one attached hydrogen (secondary N) is 5. The van der Waals surface area contributed by atoms with E-state index >= 15 is 0 Å². The van der Waals surface area contributed by atoms with Gasteiger partial charge in [0.1, 0.15) is 24.2 Å². The molecule has 2 heterocycles. The number of nitrogens with zero attached hydrogens (tertiary/aromatic N) is 1. The molecule has 15 nitrogen and oxygen atoms in total. The maximum atomic E-state index is 14.8. The van der Waals surface area contributed by atoms with E-state index in [1.54, 1.807) is 65.7 Å². The Morgan fingerprint density at radius 2 is 1.54 bits per heavy atom. The molecule has 7 amide bonds. The second kappa shape index (κ2) is 21.6. The second-order valence-corrected chi connectivity index (χ2v) is 18.8. The van der Waals surface area contributed by atoms with Gasteiger partial charge in [0.2, 0.25) is 41.2 Å². The normalized spacial score (nSPS) is 20.1. The molecule has 1 aromatic rings. The molecule has 17 heteroatoms. The van der Waals surface area contributed by atoms with Gasteiger partial charge in [-0.15, -0.1) is 23.5 Å². The van der Waals surface area contributed by atoms with Crippen molar-refractivity contribution in [2.24, 2.45) is 17.6 Å². The molecule has 314 valence electrons. The van der Waals surface area contributed by atoms with Gasteiger partial charge in [-0.1, -0.05) is 76.8 Å². The third-order valence-electron chi connectivity index (χ3n) is 10.5. The lowest BCUT2D eigenvalue weighted by Gasteiger charge is -2.36. The SMILES string of the molecule is CCCC(NC(=O)C1CC2(CN1C(=O)C(NC(=O)C(CC(C)C)NC(C)=O)C1CCCCC1)SCCCS2)C(=O)C(=O)NCC(=O)NC(C(N)=O)c1ccccc1. The van der Waals surface area contributed by atoms with Crippen molar-refractivity contribution in [2.45, 2.75) is 126 Å². The van der Waals surface area contributed by atoms with Crippen LogP contribution in [0.3, 0.4) is 0 Å². The Labute approximate surface area is 343 Å². The lowest BCUT2D eigenvalue weighted by Crippen LogP contribution is -2.60. The van der Waals surface area contributed by atoms with Crippen LogP contribution in [0.25, 0.3) is 0 Å². The van der Waals surface area contributed by atoms with Crippen LogP contribution in [-0.2, 0) is 38.4 Å². The molecule has 1 saturated carbocycles. The molecule has 1 spiro atoms. The zero-order valence-corrected chi connectivity index (χ0v) is 35.1. The highest BCUT2D eigenvalue weighted by Gasteiger charge is 2.52. The van der Waals surface area contributed by atoms with Crippen molar-refractivity contribution >= 4 is 70.7 Å². The maximum absolute atomic E-state index is 14.8. The Morgan fingerprint density at radius 3 is 2.14 bits per heavy atom. The lowest BCUT2D eigenvalue weighted by atomic mass is 9.83. The highest BCUT2D eigenvalue weighted by atomic mass is 32.2. The van der Waals surface area contributed by atoms with Crippen LogP contribution in [0.15, 0.2) is 30.3 Å². The van der Waals surface area contributed by atoms with E-state index in [-0.39, 0.29) is 36.6 Å². The first kappa shape index (κ1) is 45.6. The molecule has 2 aliphatic heterocycles. The summed E-state index contributed by atoms with van der Waals surface area (Å²) in [6, 6.07) is 3.21. The smallest absolute Gasteiger partial charge is 0.290 e. The van der Waals surface area contributed by atoms with Crippen LogP contribution >= 0.6 is 23.5 Å². The summed E-state index contributed by atoms with van der Waals surface area (Å²) in [5.41, 5.74) is 5.94. The fourth-order valence-electron chi connectivity index (χ4n) is 7.77. The van der Waals surface area contributed by atoms with Gasteiger partial charge < -0.3 is 37.2 Å². The minimum atomic E-state index is -1.24. The molecule has 7 N–H and O–H groups in total. The number of likely N-dealkylation sites (tertiary alicyclic amines) is 1. The van der Waals surface area contributed by atoms with E-state index in [2.05, 4.69) is 26.6 Å². The second-order valence-electron chi connectivity index (χ2n) is 15.6. The largest absolute Gasteiger partial charge is 0.368 e. The number of amides is 7. The average Bonchev–Trinajstić information content (AvgIpc) is 3.55. The number of Topliss-reactive ketones (excluding diaryl/α,β-unsaturated/α-hetero) is 1. The minimum absolute atomic E-state index is 0.0927. The molecule has 0 bridgehead atoms. The Hall–Kier alpha value is -4.12. The number of carbonyl (C=O) groups is 8. The van der Waals surface area contributed by atoms with Crippen LogP contribution in [-0.4, -0.2) is 105 Å². The number of thioether (sulfide) groups is 2. The van der Waals surface area contributed by atoms with Gasteiger partial charge in [-0.2, -0.15) is 0 Å². The Morgan fingerprint density at radius 1 is 0.877 bits per heavy atom. The van der Waals surface area contributed by atoms with Crippen molar-refractivity contribution in [3.8, 4) is 0 Å². The van der Waals surface area contributed by atoms with Gasteiger partial charge >= 0.3 is 0 Å². The van der Waals surface area contributed by atoms with Crippen LogP contribution in [0.2, 0.25) is 0 Å². The number of hydrogen-bond acceptors (Lipinski definition) is 10. The number of hydrogen-bond donors (Lipinski definition) is 6. The standard InChI is InChI=1S/C40H59N7O8S2/c1-5-13-28(34(50)38(54)42-22-31(49)45-32(35(41)51)26-14-8-6-9-15-26)44-37(53)30-21-40(56-18-12-19-57-40)23-47(30)39(55)33(27-16-10-7-11-17-27)46-36(52)29(20-24(2)3)43-25(4)48/h6,8-9,14-15,24,27-30,32-33H,5,7,10-13,16-23H2,1-4H3,(H2,41,51)(H,42,54)(H,43,48)(H,44,53)(H,45,49)(H,46,52). The summed E-state index contributed by atoms with van der Waals surface area (Å²) in [7, 11) is 0. The van der Waals surface area contributed by atoms with Crippen molar-refractivity contribution in [1.82, 2.24) is 31.5 Å². The molecule has 4 rings (SSSR count). The number of rotatable bonds is 18. The minimum Gasteiger partial charge on any atom is -0.368 e. The predicted octanol–water partition coefficient (Wildman–Crippen LogP) is 2.08. The Kier molecular flexibility index (Phi) is 17.3. The molecule has 57 heavy (non-hydrogen) atoms. The molecular weight excluding hydrogens is 771 g/mol. The van der Waals surface area contributed by atoms with Gasteiger partial charge in [-0.25, -0.2) is 0 Å². The van der Waals surface area contributed by atoms with Gasteiger partial charge in [0.25, 0.3) is 5.91 Å². The van der Waals surface area contributed by atoms with E-state index in [1.165, 1.54) is 6.92 Å². The predicted molar refractivity (Wildman–Crippen MR) is 219 cm³/mol. The number of nitrogens with two attached hydrogens (primary N) is 1. The summed E-state index contributed by atoms with van der Waals surface area (Å²) in [4.78, 5) is 108. The van der Waals surface area contributed by atoms with Crippen molar-refractivity contribution in [3.05, 3.63) is 35.9 Å². The summed E-state index contributed by atoms with van der Waals surface area (Å²) in [6.07, 6.45) is 6.50. The molecular formula is C40H59N7O8S2. The van der Waals surface area contributed by atoms with E-state index in [0.29, 0.717) is 24.8 Å². The first-order valence-corrected chi connectivity index (χ1v) is 22.0. The summed E-state index contributed by atoms with van der Waals surface area (Å²) in [5, 5.41) is 13.3. The van der Waals surface area contributed by atoms with Crippen LogP contribution in [0.4, 0.5) is 0 Å². The van der Waals surface area contributed by atoms with Crippen LogP contribution in [0.5, 0.6) is 0 Å². The topological polar surface area (TPSA) is 226 Å². The van der Waals surface area contributed by atoms with Gasteiger partial charge in [0, 0.05) is 19.9 Å². The first-order valence-electron chi connectivity index (χ1n) is 20.1. The van der Waals surface area contributed by atoms with Crippen molar-refractivity contribution in [3.63, 3.8) is 0 Å². The van der Waals surface area contributed by atoms with E-state index in [1.807, 2.05) is 13.8 Å². The highest BCUT2D eigenvalue weighted by Crippen LogP contribution is 2.50. The molecule has 0 aromatic heterocycles.